The summed E-state index contributed by atoms with van der Waals surface area (Å²) in [7, 11) is 0. The lowest BCUT2D eigenvalue weighted by atomic mass is 10.2. The predicted molar refractivity (Wildman–Crippen MR) is 80.4 cm³/mol. The molecular weight excluding hydrogens is 282 g/mol. The van der Waals surface area contributed by atoms with Gasteiger partial charge >= 0.3 is 0 Å². The molecular formula is C16H19N3O3. The molecule has 1 aromatic heterocycles. The van der Waals surface area contributed by atoms with Crippen LogP contribution in [0.4, 0.5) is 0 Å². The molecule has 0 N–H and O–H groups in total. The van der Waals surface area contributed by atoms with Crippen LogP contribution in [0, 0.1) is 6.92 Å². The molecule has 1 saturated heterocycles. The van der Waals surface area contributed by atoms with E-state index < -0.39 is 0 Å². The van der Waals surface area contributed by atoms with Crippen LogP contribution in [0.2, 0.25) is 0 Å². The number of benzene rings is 1. The zero-order chi connectivity index (χ0) is 15.5. The molecule has 0 spiro atoms. The Bertz CT molecular complexity index is 668. The maximum absolute atomic E-state index is 11.7. The molecule has 6 nitrogen and oxygen atoms in total. The molecule has 0 bridgehead atoms. The van der Waals surface area contributed by atoms with Gasteiger partial charge in [-0.3, -0.25) is 4.79 Å². The van der Waals surface area contributed by atoms with Gasteiger partial charge in [-0.05, 0) is 19.1 Å². The topological polar surface area (TPSA) is 68.5 Å². The maximum atomic E-state index is 11.7. The number of nitrogens with zero attached hydrogens (tertiary/aromatic N) is 3. The van der Waals surface area contributed by atoms with E-state index >= 15 is 0 Å². The van der Waals surface area contributed by atoms with E-state index in [9.17, 15) is 4.79 Å². The molecule has 1 atom stereocenters. The first-order valence-electron chi connectivity index (χ1n) is 7.51. The van der Waals surface area contributed by atoms with Crippen LogP contribution in [-0.2, 0) is 4.79 Å². The van der Waals surface area contributed by atoms with Crippen LogP contribution >= 0.6 is 0 Å². The van der Waals surface area contributed by atoms with E-state index in [0.29, 0.717) is 30.4 Å². The second-order valence-corrected chi connectivity index (χ2v) is 5.36. The van der Waals surface area contributed by atoms with Crippen LogP contribution in [-0.4, -0.2) is 40.1 Å². The zero-order valence-electron chi connectivity index (χ0n) is 12.8. The van der Waals surface area contributed by atoms with Crippen molar-refractivity contribution in [2.45, 2.75) is 32.8 Å². The van der Waals surface area contributed by atoms with Crippen LogP contribution in [0.15, 0.2) is 28.8 Å². The molecule has 0 saturated carbocycles. The summed E-state index contributed by atoms with van der Waals surface area (Å²) in [5, 5.41) is 3.82. The minimum absolute atomic E-state index is 0.000619. The summed E-state index contributed by atoms with van der Waals surface area (Å²) in [5.74, 6) is 1.92. The summed E-state index contributed by atoms with van der Waals surface area (Å²) >= 11 is 0. The van der Waals surface area contributed by atoms with Gasteiger partial charge in [0.05, 0.1) is 12.1 Å². The van der Waals surface area contributed by atoms with Gasteiger partial charge in [0, 0.05) is 19.4 Å². The van der Waals surface area contributed by atoms with Crippen molar-refractivity contribution < 1.29 is 14.1 Å². The molecule has 2 aromatic rings. The van der Waals surface area contributed by atoms with Crippen LogP contribution in [0.25, 0.3) is 11.5 Å². The molecule has 1 fully saturated rings. The van der Waals surface area contributed by atoms with E-state index in [0.717, 1.165) is 18.5 Å². The van der Waals surface area contributed by atoms with Gasteiger partial charge in [-0.15, -0.1) is 0 Å². The quantitative estimate of drug-likeness (QED) is 0.867. The fourth-order valence-electron chi connectivity index (χ4n) is 2.61. The van der Waals surface area contributed by atoms with Gasteiger partial charge in [-0.1, -0.05) is 24.2 Å². The number of carbonyl (C=O) groups excluding carboxylic acids is 1. The number of rotatable bonds is 4. The minimum atomic E-state index is 0.000619. The number of hydrogen-bond donors (Lipinski definition) is 0. The Balaban J connectivity index is 1.75. The van der Waals surface area contributed by atoms with Crippen molar-refractivity contribution in [3.8, 4) is 17.2 Å². The second-order valence-electron chi connectivity index (χ2n) is 5.36. The van der Waals surface area contributed by atoms with Gasteiger partial charge in [-0.25, -0.2) is 0 Å². The summed E-state index contributed by atoms with van der Waals surface area (Å²) in [6.45, 7) is 5.04. The Kier molecular flexibility index (Phi) is 4.09. The highest BCUT2D eigenvalue weighted by atomic mass is 16.5. The van der Waals surface area contributed by atoms with Crippen molar-refractivity contribution in [2.75, 3.05) is 13.1 Å². The number of para-hydroxylation sites is 1. The summed E-state index contributed by atoms with van der Waals surface area (Å²) in [4.78, 5) is 17.8. The molecule has 6 heteroatoms. The highest BCUT2D eigenvalue weighted by Crippen LogP contribution is 2.30. The molecule has 1 unspecified atom stereocenters. The third-order valence-corrected chi connectivity index (χ3v) is 3.74. The Morgan fingerprint density at radius 3 is 3.00 bits per heavy atom. The van der Waals surface area contributed by atoms with Crippen LogP contribution in [0.3, 0.4) is 0 Å². The fourth-order valence-corrected chi connectivity index (χ4v) is 2.61. The van der Waals surface area contributed by atoms with Gasteiger partial charge < -0.3 is 14.2 Å². The average molecular weight is 301 g/mol. The molecule has 0 radical (unpaired) electrons. The summed E-state index contributed by atoms with van der Waals surface area (Å²) in [6.07, 6.45) is 1.37. The van der Waals surface area contributed by atoms with Crippen molar-refractivity contribution in [3.63, 3.8) is 0 Å². The van der Waals surface area contributed by atoms with Crippen LogP contribution < -0.4 is 4.74 Å². The molecule has 22 heavy (non-hydrogen) atoms. The summed E-state index contributed by atoms with van der Waals surface area (Å²) < 4.78 is 11.3. The Labute approximate surface area is 129 Å². The van der Waals surface area contributed by atoms with E-state index in [1.807, 2.05) is 36.1 Å². The van der Waals surface area contributed by atoms with Crippen molar-refractivity contribution in [1.82, 2.24) is 15.0 Å². The van der Waals surface area contributed by atoms with Crippen molar-refractivity contribution in [1.29, 1.82) is 0 Å². The first-order valence-corrected chi connectivity index (χ1v) is 7.51. The number of likely N-dealkylation sites (tertiary alicyclic amines) is 1. The summed E-state index contributed by atoms with van der Waals surface area (Å²) in [5.41, 5.74) is 0.781. The average Bonchev–Trinajstić information content (AvgIpc) is 3.16. The lowest BCUT2D eigenvalue weighted by molar-refractivity contribution is -0.130. The smallest absolute Gasteiger partial charge is 0.261 e. The van der Waals surface area contributed by atoms with E-state index in [2.05, 4.69) is 10.1 Å². The van der Waals surface area contributed by atoms with Crippen LogP contribution in [0.5, 0.6) is 5.75 Å². The molecule has 116 valence electrons. The maximum Gasteiger partial charge on any atom is 0.261 e. The van der Waals surface area contributed by atoms with E-state index in [-0.39, 0.29) is 12.0 Å². The predicted octanol–water partition coefficient (Wildman–Crippen LogP) is 2.43. The number of ether oxygens (including phenoxy) is 1. The van der Waals surface area contributed by atoms with E-state index in [1.165, 1.54) is 0 Å². The third-order valence-electron chi connectivity index (χ3n) is 3.74. The molecule has 0 aliphatic carbocycles. The molecule has 3 rings (SSSR count). The zero-order valence-corrected chi connectivity index (χ0v) is 12.8. The largest absolute Gasteiger partial charge is 0.488 e. The number of aromatic nitrogens is 2. The number of carbonyl (C=O) groups is 1. The summed E-state index contributed by atoms with van der Waals surface area (Å²) in [6, 6.07) is 7.60. The number of aryl methyl sites for hydroxylation is 1. The Hall–Kier alpha value is -2.37. The number of hydrogen-bond acceptors (Lipinski definition) is 5. The molecule has 1 aliphatic rings. The monoisotopic (exact) mass is 301 g/mol. The molecule has 2 heterocycles. The normalized spacial score (nSPS) is 17.7. The SMILES string of the molecule is CCC(=O)N1CCC(Oc2ccccc2-c2nc(C)no2)C1. The number of amides is 1. The molecule has 1 amide bonds. The lowest BCUT2D eigenvalue weighted by Crippen LogP contribution is -2.30. The van der Waals surface area contributed by atoms with Crippen molar-refractivity contribution in [3.05, 3.63) is 30.1 Å². The molecule has 1 aromatic carbocycles. The highest BCUT2D eigenvalue weighted by molar-refractivity contribution is 5.76. The van der Waals surface area contributed by atoms with E-state index in [1.54, 1.807) is 6.92 Å². The molecule has 1 aliphatic heterocycles. The third kappa shape index (κ3) is 2.95. The highest BCUT2D eigenvalue weighted by Gasteiger charge is 2.27. The van der Waals surface area contributed by atoms with Gasteiger partial charge in [0.1, 0.15) is 11.9 Å². The van der Waals surface area contributed by atoms with Gasteiger partial charge in [-0.2, -0.15) is 4.98 Å². The first kappa shape index (κ1) is 14.6. The standard InChI is InChI=1S/C16H19N3O3/c1-3-15(20)19-9-8-12(10-19)21-14-7-5-4-6-13(14)16-17-11(2)18-22-16/h4-7,12H,3,8-10H2,1-2H3. The van der Waals surface area contributed by atoms with Gasteiger partial charge in [0.15, 0.2) is 5.82 Å². The second kappa shape index (κ2) is 6.17. The Morgan fingerprint density at radius 2 is 2.27 bits per heavy atom. The lowest BCUT2D eigenvalue weighted by Gasteiger charge is -2.17. The van der Waals surface area contributed by atoms with E-state index in [4.69, 9.17) is 9.26 Å². The van der Waals surface area contributed by atoms with Crippen molar-refractivity contribution in [2.24, 2.45) is 0 Å². The first-order chi connectivity index (χ1) is 10.7. The van der Waals surface area contributed by atoms with Crippen LogP contribution in [0.1, 0.15) is 25.6 Å². The Morgan fingerprint density at radius 1 is 1.45 bits per heavy atom. The van der Waals surface area contributed by atoms with Crippen molar-refractivity contribution >= 4 is 5.91 Å². The minimum Gasteiger partial charge on any atom is -0.488 e. The van der Waals surface area contributed by atoms with Gasteiger partial charge in [0.25, 0.3) is 5.89 Å². The van der Waals surface area contributed by atoms with Gasteiger partial charge in [0.2, 0.25) is 5.91 Å². The fraction of sp³-hybridized carbons (Fsp3) is 0.438.